The van der Waals surface area contributed by atoms with Crippen LogP contribution in [0.2, 0.25) is 0 Å². The van der Waals surface area contributed by atoms with Gasteiger partial charge in [0.15, 0.2) is 0 Å². The van der Waals surface area contributed by atoms with Crippen molar-refractivity contribution < 1.29 is 9.59 Å². The highest BCUT2D eigenvalue weighted by molar-refractivity contribution is 5.95. The van der Waals surface area contributed by atoms with Crippen LogP contribution in [-0.2, 0) is 24.2 Å². The highest BCUT2D eigenvalue weighted by Crippen LogP contribution is 2.25. The predicted molar refractivity (Wildman–Crippen MR) is 126 cm³/mol. The normalized spacial score (nSPS) is 18.1. The fourth-order valence-electron chi connectivity index (χ4n) is 4.83. The van der Waals surface area contributed by atoms with Crippen molar-refractivity contribution in [2.45, 2.75) is 32.2 Å². The Bertz CT molecular complexity index is 1140. The Kier molecular flexibility index (Phi) is 5.76. The number of rotatable bonds is 4. The summed E-state index contributed by atoms with van der Waals surface area (Å²) >= 11 is 0. The third kappa shape index (κ3) is 4.31. The van der Waals surface area contributed by atoms with E-state index in [9.17, 15) is 9.59 Å². The van der Waals surface area contributed by atoms with E-state index in [1.54, 1.807) is 0 Å². The number of fused-ring (bicyclic) bond motifs is 1. The van der Waals surface area contributed by atoms with Gasteiger partial charge in [-0.3, -0.25) is 9.59 Å². The molecular formula is C28H28N2O2. The van der Waals surface area contributed by atoms with Gasteiger partial charge in [0, 0.05) is 31.1 Å². The first-order valence-electron chi connectivity index (χ1n) is 11.5. The highest BCUT2D eigenvalue weighted by Gasteiger charge is 2.23. The van der Waals surface area contributed by atoms with Crippen LogP contribution in [0, 0.1) is 5.92 Å². The van der Waals surface area contributed by atoms with E-state index in [0.717, 1.165) is 55.5 Å². The summed E-state index contributed by atoms with van der Waals surface area (Å²) < 4.78 is 0. The van der Waals surface area contributed by atoms with Crippen LogP contribution in [0.3, 0.4) is 0 Å². The zero-order valence-corrected chi connectivity index (χ0v) is 18.2. The third-order valence-corrected chi connectivity index (χ3v) is 6.70. The summed E-state index contributed by atoms with van der Waals surface area (Å²) in [5.74, 6) is 0.332. The second-order valence-electron chi connectivity index (χ2n) is 8.86. The fourth-order valence-corrected chi connectivity index (χ4v) is 4.83. The fraction of sp³-hybridized carbons (Fsp3) is 0.286. The number of hydrogen-bond donors (Lipinski definition) is 1. The van der Waals surface area contributed by atoms with Crippen molar-refractivity contribution in [3.05, 3.63) is 95.1 Å². The van der Waals surface area contributed by atoms with Gasteiger partial charge >= 0.3 is 0 Å². The number of benzene rings is 3. The van der Waals surface area contributed by atoms with Crippen LogP contribution in [0.15, 0.2) is 72.8 Å². The Morgan fingerprint density at radius 2 is 1.75 bits per heavy atom. The van der Waals surface area contributed by atoms with Gasteiger partial charge in [-0.2, -0.15) is 0 Å². The van der Waals surface area contributed by atoms with Gasteiger partial charge in [0.2, 0.25) is 5.91 Å². The molecule has 0 bridgehead atoms. The smallest absolute Gasteiger partial charge is 0.254 e. The number of carbonyl (C=O) groups excluding carboxylic acids is 2. The molecule has 1 unspecified atom stereocenters. The molecule has 0 saturated carbocycles. The maximum Gasteiger partial charge on any atom is 0.254 e. The maximum atomic E-state index is 13.2. The molecule has 2 aliphatic heterocycles. The monoisotopic (exact) mass is 424 g/mol. The predicted octanol–water partition coefficient (Wildman–Crippen LogP) is 4.62. The average molecular weight is 425 g/mol. The Labute approximate surface area is 189 Å². The van der Waals surface area contributed by atoms with Crippen LogP contribution in [-0.4, -0.2) is 29.8 Å². The number of carbonyl (C=O) groups is 2. The Hall–Kier alpha value is -3.40. The summed E-state index contributed by atoms with van der Waals surface area (Å²) in [5.41, 5.74) is 6.61. The van der Waals surface area contributed by atoms with E-state index in [1.807, 2.05) is 35.2 Å². The van der Waals surface area contributed by atoms with E-state index in [2.05, 4.69) is 47.8 Å². The van der Waals surface area contributed by atoms with Gasteiger partial charge in [0.25, 0.3) is 5.91 Å². The van der Waals surface area contributed by atoms with E-state index >= 15 is 0 Å². The first-order chi connectivity index (χ1) is 15.7. The molecule has 32 heavy (non-hydrogen) atoms. The van der Waals surface area contributed by atoms with E-state index in [0.29, 0.717) is 6.54 Å². The molecule has 0 spiro atoms. The lowest BCUT2D eigenvalue weighted by atomic mass is 9.91. The summed E-state index contributed by atoms with van der Waals surface area (Å²) in [6, 6.07) is 24.7. The van der Waals surface area contributed by atoms with Crippen LogP contribution >= 0.6 is 0 Å². The molecule has 0 aromatic heterocycles. The first kappa shape index (κ1) is 20.5. The molecule has 1 N–H and O–H groups in total. The van der Waals surface area contributed by atoms with Crippen LogP contribution in [0.5, 0.6) is 0 Å². The second kappa shape index (κ2) is 8.99. The van der Waals surface area contributed by atoms with Crippen molar-refractivity contribution in [3.63, 3.8) is 0 Å². The summed E-state index contributed by atoms with van der Waals surface area (Å²) in [7, 11) is 0. The highest BCUT2D eigenvalue weighted by atomic mass is 16.2. The molecule has 4 nitrogen and oxygen atoms in total. The van der Waals surface area contributed by atoms with Crippen molar-refractivity contribution in [2.24, 2.45) is 5.92 Å². The SMILES string of the molecule is O=C1NCCCC1Cc1ccc(-c2cccc(C(=O)N3CCc4ccccc4C3)c2)cc1. The molecule has 2 amide bonds. The van der Waals surface area contributed by atoms with E-state index < -0.39 is 0 Å². The van der Waals surface area contributed by atoms with Crippen molar-refractivity contribution in [3.8, 4) is 11.1 Å². The zero-order chi connectivity index (χ0) is 21.9. The molecule has 1 atom stereocenters. The minimum atomic E-state index is 0.0743. The molecule has 2 aliphatic rings. The summed E-state index contributed by atoms with van der Waals surface area (Å²) in [6.07, 6.45) is 3.69. The summed E-state index contributed by atoms with van der Waals surface area (Å²) in [4.78, 5) is 27.2. The van der Waals surface area contributed by atoms with E-state index in [4.69, 9.17) is 0 Å². The summed E-state index contributed by atoms with van der Waals surface area (Å²) in [5, 5.41) is 2.96. The number of piperidine rings is 1. The third-order valence-electron chi connectivity index (χ3n) is 6.70. The second-order valence-corrected chi connectivity index (χ2v) is 8.86. The minimum absolute atomic E-state index is 0.0743. The molecule has 0 radical (unpaired) electrons. The molecule has 5 rings (SSSR count). The lowest BCUT2D eigenvalue weighted by Gasteiger charge is -2.29. The standard InChI is InChI=1S/C28H28N2O2/c31-27-24(9-4-15-29-27)17-20-10-12-22(13-11-20)23-7-3-8-25(18-23)28(32)30-16-14-21-5-1-2-6-26(21)19-30/h1-3,5-8,10-13,18,24H,4,9,14-17,19H2,(H,29,31). The number of nitrogens with one attached hydrogen (secondary N) is 1. The van der Waals surface area contributed by atoms with Gasteiger partial charge in [0.1, 0.15) is 0 Å². The van der Waals surface area contributed by atoms with Gasteiger partial charge in [-0.25, -0.2) is 0 Å². The first-order valence-corrected chi connectivity index (χ1v) is 11.5. The Balaban J connectivity index is 1.29. The molecule has 3 aromatic rings. The lowest BCUT2D eigenvalue weighted by molar-refractivity contribution is -0.126. The quantitative estimate of drug-likeness (QED) is 0.664. The number of amides is 2. The molecule has 162 valence electrons. The molecular weight excluding hydrogens is 396 g/mol. The molecule has 0 aliphatic carbocycles. The van der Waals surface area contributed by atoms with Gasteiger partial charge in [-0.15, -0.1) is 0 Å². The molecule has 1 fully saturated rings. The molecule has 4 heteroatoms. The van der Waals surface area contributed by atoms with Gasteiger partial charge in [-0.1, -0.05) is 60.7 Å². The topological polar surface area (TPSA) is 49.4 Å². The number of hydrogen-bond acceptors (Lipinski definition) is 2. The van der Waals surface area contributed by atoms with Crippen LogP contribution in [0.4, 0.5) is 0 Å². The largest absolute Gasteiger partial charge is 0.356 e. The average Bonchev–Trinajstić information content (AvgIpc) is 2.85. The molecule has 3 aromatic carbocycles. The van der Waals surface area contributed by atoms with Crippen LogP contribution in [0.1, 0.15) is 39.9 Å². The van der Waals surface area contributed by atoms with Crippen LogP contribution in [0.25, 0.3) is 11.1 Å². The van der Waals surface area contributed by atoms with Crippen molar-refractivity contribution in [1.82, 2.24) is 10.2 Å². The van der Waals surface area contributed by atoms with Gasteiger partial charge in [0.05, 0.1) is 0 Å². The van der Waals surface area contributed by atoms with Crippen molar-refractivity contribution in [1.29, 1.82) is 0 Å². The maximum absolute atomic E-state index is 13.2. The lowest BCUT2D eigenvalue weighted by Crippen LogP contribution is -2.37. The van der Waals surface area contributed by atoms with Gasteiger partial charge < -0.3 is 10.2 Å². The molecule has 1 saturated heterocycles. The van der Waals surface area contributed by atoms with Crippen molar-refractivity contribution >= 4 is 11.8 Å². The van der Waals surface area contributed by atoms with E-state index in [1.165, 1.54) is 16.7 Å². The van der Waals surface area contributed by atoms with Crippen molar-refractivity contribution in [2.75, 3.05) is 13.1 Å². The number of nitrogens with zero attached hydrogens (tertiary/aromatic N) is 1. The summed E-state index contributed by atoms with van der Waals surface area (Å²) in [6.45, 7) is 2.22. The van der Waals surface area contributed by atoms with Gasteiger partial charge in [-0.05, 0) is 65.6 Å². The minimum Gasteiger partial charge on any atom is -0.356 e. The Morgan fingerprint density at radius 3 is 2.56 bits per heavy atom. The Morgan fingerprint density at radius 1 is 0.938 bits per heavy atom. The van der Waals surface area contributed by atoms with Crippen LogP contribution < -0.4 is 5.32 Å². The van der Waals surface area contributed by atoms with E-state index in [-0.39, 0.29) is 17.7 Å². The zero-order valence-electron chi connectivity index (χ0n) is 18.2. The molecule has 2 heterocycles.